The molecule has 152 valence electrons. The van der Waals surface area contributed by atoms with Gasteiger partial charge in [-0.3, -0.25) is 19.3 Å². The van der Waals surface area contributed by atoms with Crippen molar-refractivity contribution >= 4 is 45.0 Å². The number of hydrogen-bond donors (Lipinski definition) is 1. The molecule has 1 N–H and O–H groups in total. The smallest absolute Gasteiger partial charge is 0.250 e. The van der Waals surface area contributed by atoms with Crippen molar-refractivity contribution in [2.24, 2.45) is 11.8 Å². The minimum atomic E-state index is -1.35. The van der Waals surface area contributed by atoms with Crippen LogP contribution in [-0.4, -0.2) is 35.2 Å². The van der Waals surface area contributed by atoms with Gasteiger partial charge in [-0.1, -0.05) is 22.0 Å². The third-order valence-electron chi connectivity index (χ3n) is 7.02. The molecule has 4 aliphatic rings. The number of fused-ring (bicyclic) bond motifs is 7. The number of imide groups is 1. The van der Waals surface area contributed by atoms with E-state index in [0.717, 1.165) is 17.3 Å². The van der Waals surface area contributed by atoms with Crippen LogP contribution in [0.2, 0.25) is 0 Å². The minimum Gasteiger partial charge on any atom is -0.324 e. The van der Waals surface area contributed by atoms with E-state index < -0.39 is 29.1 Å². The molecular weight excluding hydrogens is 453 g/mol. The van der Waals surface area contributed by atoms with Crippen molar-refractivity contribution < 1.29 is 18.8 Å². The van der Waals surface area contributed by atoms with Crippen LogP contribution in [0.25, 0.3) is 0 Å². The highest BCUT2D eigenvalue weighted by Crippen LogP contribution is 2.60. The highest BCUT2D eigenvalue weighted by molar-refractivity contribution is 9.10. The van der Waals surface area contributed by atoms with E-state index in [2.05, 4.69) is 21.2 Å². The highest BCUT2D eigenvalue weighted by atomic mass is 79.9. The Kier molecular flexibility index (Phi) is 3.63. The number of amides is 3. The Bertz CT molecular complexity index is 1150. The molecule has 4 aliphatic heterocycles. The summed E-state index contributed by atoms with van der Waals surface area (Å²) in [5.74, 6) is -3.00. The first-order valence-corrected chi connectivity index (χ1v) is 10.8. The summed E-state index contributed by atoms with van der Waals surface area (Å²) in [4.78, 5) is 43.9. The van der Waals surface area contributed by atoms with E-state index >= 15 is 0 Å². The Labute approximate surface area is 180 Å². The third-order valence-corrected chi connectivity index (χ3v) is 7.51. The summed E-state index contributed by atoms with van der Waals surface area (Å²) in [6.45, 7) is 0.596. The number of nitrogens with one attached hydrogen (secondary N) is 1. The van der Waals surface area contributed by atoms with Gasteiger partial charge in [-0.05, 0) is 55.8 Å². The Morgan fingerprint density at radius 3 is 2.73 bits per heavy atom. The Balaban J connectivity index is 1.57. The van der Waals surface area contributed by atoms with Crippen molar-refractivity contribution in [3.05, 3.63) is 58.3 Å². The fraction of sp³-hybridized carbons (Fsp3) is 0.318. The van der Waals surface area contributed by atoms with Gasteiger partial charge in [0, 0.05) is 21.8 Å². The average Bonchev–Trinajstić information content (AvgIpc) is 3.40. The first kappa shape index (κ1) is 18.2. The van der Waals surface area contributed by atoms with Gasteiger partial charge in [-0.15, -0.1) is 0 Å². The zero-order valence-electron chi connectivity index (χ0n) is 15.8. The van der Waals surface area contributed by atoms with Crippen molar-refractivity contribution in [3.63, 3.8) is 0 Å². The van der Waals surface area contributed by atoms with Crippen LogP contribution >= 0.6 is 15.9 Å². The summed E-state index contributed by atoms with van der Waals surface area (Å²) < 4.78 is 15.0. The Morgan fingerprint density at radius 2 is 1.93 bits per heavy atom. The van der Waals surface area contributed by atoms with Crippen LogP contribution in [-0.2, 0) is 19.9 Å². The van der Waals surface area contributed by atoms with Gasteiger partial charge >= 0.3 is 0 Å². The molecular formula is C22H17BrFN3O3. The number of carbonyl (C=O) groups excluding carboxylic acids is 3. The van der Waals surface area contributed by atoms with E-state index in [1.165, 1.54) is 23.1 Å². The van der Waals surface area contributed by atoms with Crippen LogP contribution < -0.4 is 10.2 Å². The molecule has 0 unspecified atom stereocenters. The van der Waals surface area contributed by atoms with Crippen LogP contribution in [0.15, 0.2) is 46.9 Å². The molecule has 8 heteroatoms. The molecule has 0 saturated carbocycles. The summed E-state index contributed by atoms with van der Waals surface area (Å²) in [6, 6.07) is 11.0. The number of carbonyl (C=O) groups is 3. The van der Waals surface area contributed by atoms with E-state index in [1.54, 1.807) is 18.2 Å². The van der Waals surface area contributed by atoms with Crippen LogP contribution in [0.5, 0.6) is 0 Å². The zero-order valence-corrected chi connectivity index (χ0v) is 17.4. The first-order chi connectivity index (χ1) is 14.4. The van der Waals surface area contributed by atoms with Crippen LogP contribution in [0, 0.1) is 17.7 Å². The van der Waals surface area contributed by atoms with Gasteiger partial charge in [0.1, 0.15) is 11.4 Å². The molecule has 0 radical (unpaired) electrons. The van der Waals surface area contributed by atoms with Gasteiger partial charge in [-0.25, -0.2) is 9.29 Å². The van der Waals surface area contributed by atoms with Crippen LogP contribution in [0.1, 0.15) is 18.4 Å². The lowest BCUT2D eigenvalue weighted by atomic mass is 9.75. The lowest BCUT2D eigenvalue weighted by Gasteiger charge is -2.36. The van der Waals surface area contributed by atoms with Gasteiger partial charge in [0.15, 0.2) is 0 Å². The number of nitrogens with zero attached hydrogens (tertiary/aromatic N) is 2. The molecule has 0 bridgehead atoms. The summed E-state index contributed by atoms with van der Waals surface area (Å²) in [7, 11) is 0. The van der Waals surface area contributed by atoms with Gasteiger partial charge in [-0.2, -0.15) is 0 Å². The highest BCUT2D eigenvalue weighted by Gasteiger charge is 2.74. The molecule has 4 heterocycles. The Hall–Kier alpha value is -2.58. The number of anilines is 2. The lowest BCUT2D eigenvalue weighted by molar-refractivity contribution is -0.135. The molecule has 30 heavy (non-hydrogen) atoms. The second-order valence-electron chi connectivity index (χ2n) is 8.31. The maximum atomic E-state index is 14.2. The van der Waals surface area contributed by atoms with Gasteiger partial charge < -0.3 is 5.32 Å². The maximum absolute atomic E-state index is 14.2. The molecule has 1 spiro atoms. The zero-order chi connectivity index (χ0) is 20.8. The number of rotatable bonds is 1. The van der Waals surface area contributed by atoms with Gasteiger partial charge in [0.2, 0.25) is 17.7 Å². The largest absolute Gasteiger partial charge is 0.324 e. The predicted molar refractivity (Wildman–Crippen MR) is 110 cm³/mol. The number of halogens is 2. The first-order valence-electron chi connectivity index (χ1n) is 9.96. The Morgan fingerprint density at radius 1 is 1.10 bits per heavy atom. The monoisotopic (exact) mass is 469 g/mol. The summed E-state index contributed by atoms with van der Waals surface area (Å²) in [5.41, 5.74) is 0.0980. The maximum Gasteiger partial charge on any atom is 0.250 e. The fourth-order valence-electron chi connectivity index (χ4n) is 6.04. The van der Waals surface area contributed by atoms with Crippen molar-refractivity contribution in [2.45, 2.75) is 24.4 Å². The summed E-state index contributed by atoms with van der Waals surface area (Å²) in [6.07, 6.45) is 1.55. The molecule has 6 rings (SSSR count). The molecule has 3 fully saturated rings. The molecule has 3 saturated heterocycles. The van der Waals surface area contributed by atoms with Crippen molar-refractivity contribution in [2.75, 3.05) is 16.8 Å². The molecule has 4 atom stereocenters. The number of benzene rings is 2. The number of hydrogen-bond acceptors (Lipinski definition) is 4. The summed E-state index contributed by atoms with van der Waals surface area (Å²) in [5, 5.41) is 2.84. The normalized spacial score (nSPS) is 32.0. The minimum absolute atomic E-state index is 0.219. The second kappa shape index (κ2) is 5.98. The van der Waals surface area contributed by atoms with E-state index in [9.17, 15) is 18.8 Å². The van der Waals surface area contributed by atoms with Crippen LogP contribution in [0.3, 0.4) is 0 Å². The lowest BCUT2D eigenvalue weighted by Crippen LogP contribution is -2.54. The van der Waals surface area contributed by atoms with Crippen LogP contribution in [0.4, 0.5) is 15.8 Å². The van der Waals surface area contributed by atoms with Crippen molar-refractivity contribution in [3.8, 4) is 0 Å². The summed E-state index contributed by atoms with van der Waals surface area (Å²) >= 11 is 3.39. The topological polar surface area (TPSA) is 69.7 Å². The van der Waals surface area contributed by atoms with Gasteiger partial charge in [0.05, 0.1) is 17.5 Å². The van der Waals surface area contributed by atoms with Crippen molar-refractivity contribution in [1.82, 2.24) is 4.90 Å². The molecule has 0 aliphatic carbocycles. The van der Waals surface area contributed by atoms with E-state index in [0.29, 0.717) is 23.5 Å². The van der Waals surface area contributed by atoms with Crippen molar-refractivity contribution in [1.29, 1.82) is 0 Å². The second-order valence-corrected chi connectivity index (χ2v) is 9.22. The standard InChI is InChI=1S/C22H17BrFN3O3/c23-11-3-1-4-13(9-11)27-19(28)17-16-5-2-8-26(16)22(18(17)20(27)29)14-10-12(24)6-7-15(14)25-21(22)30/h1,3-4,6-7,9-10,16-18H,2,5,8H2,(H,25,30)/t16-,17-,18-,22+/m0/s1. The average molecular weight is 470 g/mol. The molecule has 0 aromatic heterocycles. The molecule has 2 aromatic rings. The van der Waals surface area contributed by atoms with E-state index in [4.69, 9.17) is 0 Å². The van der Waals surface area contributed by atoms with E-state index in [-0.39, 0.29) is 17.9 Å². The predicted octanol–water partition coefficient (Wildman–Crippen LogP) is 3.02. The quantitative estimate of drug-likeness (QED) is 0.651. The SMILES string of the molecule is O=C1[C@@H]2[C@@H](C(=O)N1c1cccc(Br)c1)[C@]1(C(=O)Nc3ccc(F)cc31)N1CCC[C@@H]21. The molecule has 2 aromatic carbocycles. The third kappa shape index (κ3) is 2.03. The molecule has 6 nitrogen and oxygen atoms in total. The van der Waals surface area contributed by atoms with Gasteiger partial charge in [0.25, 0.3) is 0 Å². The van der Waals surface area contributed by atoms with E-state index in [1.807, 2.05) is 11.0 Å². The molecule has 3 amide bonds. The fourth-order valence-corrected chi connectivity index (χ4v) is 6.43.